The zero-order valence-electron chi connectivity index (χ0n) is 18.8. The minimum atomic E-state index is -1.02. The summed E-state index contributed by atoms with van der Waals surface area (Å²) in [4.78, 5) is 43.6. The topological polar surface area (TPSA) is 81.2 Å². The maximum atomic E-state index is 13.7. The van der Waals surface area contributed by atoms with Crippen LogP contribution in [0.2, 0.25) is 0 Å². The SMILES string of the molecule is CN(CC(=O)O)C(=O)N(C1CC1)[C@H]1c2ccccc2N(C(=O)c2ccccc2)[C@@H]2CCC[C@@H]21. The highest BCUT2D eigenvalue weighted by Gasteiger charge is 2.52. The van der Waals surface area contributed by atoms with Crippen molar-refractivity contribution in [2.24, 2.45) is 5.92 Å². The van der Waals surface area contributed by atoms with Gasteiger partial charge in [0.2, 0.25) is 0 Å². The lowest BCUT2D eigenvalue weighted by molar-refractivity contribution is -0.137. The Bertz CT molecular complexity index is 1070. The van der Waals surface area contributed by atoms with Crippen LogP contribution in [0.3, 0.4) is 0 Å². The van der Waals surface area contributed by atoms with Crippen LogP contribution in [0.1, 0.15) is 54.1 Å². The number of para-hydroxylation sites is 1. The molecular weight excluding hydrogens is 418 g/mol. The number of carbonyl (C=O) groups excluding carboxylic acids is 2. The van der Waals surface area contributed by atoms with Crippen molar-refractivity contribution in [1.82, 2.24) is 9.80 Å². The number of amides is 3. The standard InChI is InChI=1S/C26H29N3O4/c1-27(16-23(30)31)26(33)28(18-14-15-18)24-19-10-5-6-12-21(19)29(22-13-7-11-20(22)24)25(32)17-8-3-2-4-9-17/h2-6,8-10,12,18,20,22,24H,7,11,13-16H2,1H3,(H,30,31)/t20-,22+,24-/m0/s1. The van der Waals surface area contributed by atoms with E-state index >= 15 is 0 Å². The summed E-state index contributed by atoms with van der Waals surface area (Å²) in [6.45, 7) is -0.330. The van der Waals surface area contributed by atoms with E-state index in [1.54, 1.807) is 7.05 Å². The monoisotopic (exact) mass is 447 g/mol. The number of nitrogens with zero attached hydrogens (tertiary/aromatic N) is 3. The van der Waals surface area contributed by atoms with Gasteiger partial charge in [0, 0.05) is 36.3 Å². The number of hydrogen-bond donors (Lipinski definition) is 1. The minimum Gasteiger partial charge on any atom is -0.480 e. The van der Waals surface area contributed by atoms with Crippen molar-refractivity contribution < 1.29 is 19.5 Å². The number of rotatable bonds is 5. The molecule has 0 unspecified atom stereocenters. The van der Waals surface area contributed by atoms with Crippen molar-refractivity contribution in [3.63, 3.8) is 0 Å². The number of likely N-dealkylation sites (N-methyl/N-ethyl adjacent to an activating group) is 1. The van der Waals surface area contributed by atoms with Gasteiger partial charge in [-0.3, -0.25) is 9.59 Å². The Kier molecular flexibility index (Phi) is 5.56. The second-order valence-electron chi connectivity index (χ2n) is 9.38. The molecule has 33 heavy (non-hydrogen) atoms. The fourth-order valence-corrected chi connectivity index (χ4v) is 5.68. The Morgan fingerprint density at radius 2 is 1.67 bits per heavy atom. The molecule has 2 aliphatic carbocycles. The van der Waals surface area contributed by atoms with E-state index in [0.29, 0.717) is 5.56 Å². The third kappa shape index (κ3) is 3.86. The number of hydrogen-bond acceptors (Lipinski definition) is 3. The number of carboxylic acids is 1. The van der Waals surface area contributed by atoms with Gasteiger partial charge in [0.05, 0.1) is 6.04 Å². The van der Waals surface area contributed by atoms with Crippen LogP contribution in [0.25, 0.3) is 0 Å². The quantitative estimate of drug-likeness (QED) is 0.746. The molecule has 2 aromatic carbocycles. The first-order chi connectivity index (χ1) is 16.0. The molecular formula is C26H29N3O4. The van der Waals surface area contributed by atoms with E-state index in [4.69, 9.17) is 0 Å². The maximum Gasteiger partial charge on any atom is 0.323 e. The summed E-state index contributed by atoms with van der Waals surface area (Å²) in [5.74, 6) is -0.912. The molecule has 5 rings (SSSR count). The molecule has 0 bridgehead atoms. The van der Waals surface area contributed by atoms with Gasteiger partial charge in [0.15, 0.2) is 0 Å². The van der Waals surface area contributed by atoms with Crippen LogP contribution in [0, 0.1) is 5.92 Å². The van der Waals surface area contributed by atoms with E-state index in [9.17, 15) is 19.5 Å². The number of carbonyl (C=O) groups is 3. The van der Waals surface area contributed by atoms with Gasteiger partial charge in [-0.05, 0) is 49.4 Å². The molecule has 1 aliphatic heterocycles. The summed E-state index contributed by atoms with van der Waals surface area (Å²) >= 11 is 0. The molecule has 3 aliphatic rings. The van der Waals surface area contributed by atoms with Crippen LogP contribution < -0.4 is 4.90 Å². The number of fused-ring (bicyclic) bond motifs is 2. The van der Waals surface area contributed by atoms with Gasteiger partial charge in [-0.1, -0.05) is 42.8 Å². The molecule has 0 saturated heterocycles. The van der Waals surface area contributed by atoms with Crippen LogP contribution >= 0.6 is 0 Å². The first kappa shape index (κ1) is 21.5. The van der Waals surface area contributed by atoms with Crippen molar-refractivity contribution in [3.05, 3.63) is 65.7 Å². The average molecular weight is 448 g/mol. The van der Waals surface area contributed by atoms with Crippen molar-refractivity contribution in [2.45, 2.75) is 50.2 Å². The Labute approximate surface area is 193 Å². The van der Waals surface area contributed by atoms with Gasteiger partial charge in [-0.2, -0.15) is 0 Å². The highest BCUT2D eigenvalue weighted by atomic mass is 16.4. The van der Waals surface area contributed by atoms with Gasteiger partial charge in [-0.15, -0.1) is 0 Å². The first-order valence-corrected chi connectivity index (χ1v) is 11.7. The molecule has 1 N–H and O–H groups in total. The predicted molar refractivity (Wildman–Crippen MR) is 124 cm³/mol. The van der Waals surface area contributed by atoms with E-state index in [0.717, 1.165) is 43.4 Å². The third-order valence-corrected chi connectivity index (χ3v) is 7.18. The molecule has 3 amide bonds. The second-order valence-corrected chi connectivity index (χ2v) is 9.38. The number of urea groups is 1. The summed E-state index contributed by atoms with van der Waals surface area (Å²) in [7, 11) is 1.55. The normalized spacial score (nSPS) is 23.4. The molecule has 2 fully saturated rings. The van der Waals surface area contributed by atoms with Crippen molar-refractivity contribution in [2.75, 3.05) is 18.5 Å². The maximum absolute atomic E-state index is 13.7. The number of anilines is 1. The van der Waals surface area contributed by atoms with Crippen molar-refractivity contribution >= 4 is 23.6 Å². The van der Waals surface area contributed by atoms with Gasteiger partial charge in [-0.25, -0.2) is 4.79 Å². The summed E-state index contributed by atoms with van der Waals surface area (Å²) in [5, 5.41) is 9.23. The summed E-state index contributed by atoms with van der Waals surface area (Å²) in [6, 6.07) is 17.0. The average Bonchev–Trinajstić information content (AvgIpc) is 3.54. The number of benzene rings is 2. The predicted octanol–water partition coefficient (Wildman–Crippen LogP) is 4.16. The zero-order valence-corrected chi connectivity index (χ0v) is 18.8. The lowest BCUT2D eigenvalue weighted by atomic mass is 9.81. The molecule has 172 valence electrons. The highest BCUT2D eigenvalue weighted by molar-refractivity contribution is 6.07. The molecule has 0 radical (unpaired) electrons. The minimum absolute atomic E-state index is 0.00862. The Morgan fingerprint density at radius 3 is 2.36 bits per heavy atom. The van der Waals surface area contributed by atoms with E-state index < -0.39 is 5.97 Å². The fourth-order valence-electron chi connectivity index (χ4n) is 5.68. The molecule has 2 aromatic rings. The molecule has 0 spiro atoms. The van der Waals surface area contributed by atoms with Crippen molar-refractivity contribution in [3.8, 4) is 0 Å². The highest BCUT2D eigenvalue weighted by Crippen LogP contribution is 2.52. The summed E-state index contributed by atoms with van der Waals surface area (Å²) < 4.78 is 0. The van der Waals surface area contributed by atoms with Gasteiger partial charge < -0.3 is 19.8 Å². The van der Waals surface area contributed by atoms with Crippen LogP contribution in [0.15, 0.2) is 54.6 Å². The molecule has 7 heteroatoms. The lowest BCUT2D eigenvalue weighted by Gasteiger charge is -2.48. The van der Waals surface area contributed by atoms with E-state index in [2.05, 4.69) is 0 Å². The smallest absolute Gasteiger partial charge is 0.323 e. The van der Waals surface area contributed by atoms with Crippen LogP contribution in [0.5, 0.6) is 0 Å². The molecule has 3 atom stereocenters. The first-order valence-electron chi connectivity index (χ1n) is 11.7. The van der Waals surface area contributed by atoms with E-state index in [1.807, 2.05) is 64.4 Å². The van der Waals surface area contributed by atoms with Crippen LogP contribution in [0.4, 0.5) is 10.5 Å². The third-order valence-electron chi connectivity index (χ3n) is 7.18. The Morgan fingerprint density at radius 1 is 0.970 bits per heavy atom. The van der Waals surface area contributed by atoms with Crippen LogP contribution in [-0.2, 0) is 4.79 Å². The second kappa shape index (κ2) is 8.54. The molecule has 1 heterocycles. The fraction of sp³-hybridized carbons (Fsp3) is 0.423. The summed E-state index contributed by atoms with van der Waals surface area (Å²) in [6.07, 6.45) is 4.67. The lowest BCUT2D eigenvalue weighted by Crippen LogP contribution is -2.55. The zero-order chi connectivity index (χ0) is 23.1. The molecule has 0 aromatic heterocycles. The number of aliphatic carboxylic acids is 1. The Balaban J connectivity index is 1.58. The van der Waals surface area contributed by atoms with Crippen LogP contribution in [-0.4, -0.2) is 58.5 Å². The molecule has 2 saturated carbocycles. The molecule has 7 nitrogen and oxygen atoms in total. The van der Waals surface area contributed by atoms with E-state index in [1.165, 1.54) is 4.90 Å². The van der Waals surface area contributed by atoms with Gasteiger partial charge >= 0.3 is 12.0 Å². The van der Waals surface area contributed by atoms with E-state index in [-0.39, 0.29) is 42.5 Å². The number of carboxylic acid groups (broad SMARTS) is 1. The van der Waals surface area contributed by atoms with Gasteiger partial charge in [0.25, 0.3) is 5.91 Å². The van der Waals surface area contributed by atoms with Gasteiger partial charge in [0.1, 0.15) is 6.54 Å². The largest absolute Gasteiger partial charge is 0.480 e. The summed E-state index contributed by atoms with van der Waals surface area (Å²) in [5.41, 5.74) is 2.50. The van der Waals surface area contributed by atoms with Crippen molar-refractivity contribution in [1.29, 1.82) is 0 Å². The Hall–Kier alpha value is -3.35.